The van der Waals surface area contributed by atoms with Crippen LogP contribution in [0.2, 0.25) is 5.02 Å². The first-order valence-corrected chi connectivity index (χ1v) is 6.00. The second-order valence-electron chi connectivity index (χ2n) is 4.32. The number of benzene rings is 1. The monoisotopic (exact) mass is 237 g/mol. The molecular formula is C14H20ClN. The Bertz CT molecular complexity index is 371. The van der Waals surface area contributed by atoms with Crippen LogP contribution < -0.4 is 5.32 Å². The molecule has 0 heterocycles. The highest BCUT2D eigenvalue weighted by molar-refractivity contribution is 6.32. The third kappa shape index (κ3) is 3.36. The normalized spacial score (nSPS) is 12.5. The highest BCUT2D eigenvalue weighted by atomic mass is 35.5. The van der Waals surface area contributed by atoms with E-state index in [1.165, 1.54) is 11.1 Å². The quantitative estimate of drug-likeness (QED) is 0.755. The minimum absolute atomic E-state index is 0.309. The molecule has 1 aromatic rings. The first-order chi connectivity index (χ1) is 7.56. The number of rotatable bonds is 5. The Balaban J connectivity index is 2.86. The molecular weight excluding hydrogens is 218 g/mol. The van der Waals surface area contributed by atoms with Crippen molar-refractivity contribution in [3.05, 3.63) is 46.5 Å². The van der Waals surface area contributed by atoms with Gasteiger partial charge in [0.05, 0.1) is 0 Å². The van der Waals surface area contributed by atoms with Gasteiger partial charge in [-0.05, 0) is 44.9 Å². The first-order valence-electron chi connectivity index (χ1n) is 5.63. The van der Waals surface area contributed by atoms with Crippen LogP contribution in [0, 0.1) is 6.92 Å². The molecule has 1 N–H and O–H groups in total. The molecule has 0 amide bonds. The van der Waals surface area contributed by atoms with Crippen LogP contribution in [0.3, 0.4) is 0 Å². The summed E-state index contributed by atoms with van der Waals surface area (Å²) >= 11 is 6.32. The molecule has 0 aliphatic heterocycles. The number of hydrogen-bond donors (Lipinski definition) is 1. The molecule has 2 heteroatoms. The second-order valence-corrected chi connectivity index (χ2v) is 4.69. The smallest absolute Gasteiger partial charge is 0.0482 e. The van der Waals surface area contributed by atoms with E-state index in [0.29, 0.717) is 6.04 Å². The van der Waals surface area contributed by atoms with Gasteiger partial charge in [-0.2, -0.15) is 0 Å². The molecule has 0 bridgehead atoms. The average molecular weight is 238 g/mol. The van der Waals surface area contributed by atoms with Gasteiger partial charge in [0, 0.05) is 11.1 Å². The summed E-state index contributed by atoms with van der Waals surface area (Å²) in [5.41, 5.74) is 3.53. The minimum Gasteiger partial charge on any atom is -0.313 e. The first kappa shape index (κ1) is 13.3. The van der Waals surface area contributed by atoms with Gasteiger partial charge in [0.25, 0.3) is 0 Å². The van der Waals surface area contributed by atoms with Crippen molar-refractivity contribution in [2.24, 2.45) is 0 Å². The van der Waals surface area contributed by atoms with Crippen molar-refractivity contribution in [2.45, 2.75) is 32.7 Å². The molecule has 1 aromatic carbocycles. The second kappa shape index (κ2) is 6.07. The maximum atomic E-state index is 6.32. The van der Waals surface area contributed by atoms with Crippen LogP contribution in [-0.2, 0) is 0 Å². The van der Waals surface area contributed by atoms with E-state index in [4.69, 9.17) is 11.6 Å². The Kier molecular flexibility index (Phi) is 5.04. The molecule has 0 fully saturated rings. The fourth-order valence-corrected chi connectivity index (χ4v) is 2.04. The van der Waals surface area contributed by atoms with Crippen LogP contribution in [0.5, 0.6) is 0 Å². The van der Waals surface area contributed by atoms with Crippen LogP contribution >= 0.6 is 11.6 Å². The molecule has 1 unspecified atom stereocenters. The van der Waals surface area contributed by atoms with Crippen molar-refractivity contribution < 1.29 is 0 Å². The summed E-state index contributed by atoms with van der Waals surface area (Å²) in [6.07, 6.45) is 2.06. The van der Waals surface area contributed by atoms with Gasteiger partial charge in [-0.15, -0.1) is 6.58 Å². The van der Waals surface area contributed by atoms with E-state index >= 15 is 0 Å². The highest BCUT2D eigenvalue weighted by Gasteiger charge is 2.13. The lowest BCUT2D eigenvalue weighted by molar-refractivity contribution is 0.548. The Morgan fingerprint density at radius 1 is 1.50 bits per heavy atom. The molecule has 1 atom stereocenters. The van der Waals surface area contributed by atoms with Crippen LogP contribution in [0.4, 0.5) is 0 Å². The number of hydrogen-bond acceptors (Lipinski definition) is 1. The summed E-state index contributed by atoms with van der Waals surface area (Å²) in [6.45, 7) is 8.03. The number of allylic oxidation sites excluding steroid dienone is 1. The molecule has 0 saturated carbocycles. The van der Waals surface area contributed by atoms with E-state index in [9.17, 15) is 0 Å². The lowest BCUT2D eigenvalue weighted by Crippen LogP contribution is -2.17. The summed E-state index contributed by atoms with van der Waals surface area (Å²) in [5.74, 6) is 0. The van der Waals surface area contributed by atoms with Gasteiger partial charge in [0.15, 0.2) is 0 Å². The van der Waals surface area contributed by atoms with E-state index in [0.717, 1.165) is 23.4 Å². The number of aryl methyl sites for hydroxylation is 1. The van der Waals surface area contributed by atoms with Crippen LogP contribution in [-0.4, -0.2) is 7.05 Å². The molecule has 0 radical (unpaired) electrons. The number of nitrogens with one attached hydrogen (secondary N) is 1. The van der Waals surface area contributed by atoms with E-state index in [2.05, 4.69) is 31.0 Å². The van der Waals surface area contributed by atoms with Crippen molar-refractivity contribution in [2.75, 3.05) is 7.05 Å². The molecule has 1 nitrogen and oxygen atoms in total. The molecule has 0 aromatic heterocycles. The largest absolute Gasteiger partial charge is 0.313 e. The van der Waals surface area contributed by atoms with Crippen molar-refractivity contribution in [1.82, 2.24) is 5.32 Å². The van der Waals surface area contributed by atoms with Gasteiger partial charge >= 0.3 is 0 Å². The SMILES string of the molecule is C=C(C)CCC(NC)c1cccc(C)c1Cl. The van der Waals surface area contributed by atoms with Crippen molar-refractivity contribution in [3.8, 4) is 0 Å². The molecule has 88 valence electrons. The van der Waals surface area contributed by atoms with E-state index < -0.39 is 0 Å². The van der Waals surface area contributed by atoms with Gasteiger partial charge in [-0.3, -0.25) is 0 Å². The maximum absolute atomic E-state index is 6.32. The van der Waals surface area contributed by atoms with Crippen molar-refractivity contribution in [1.29, 1.82) is 0 Å². The summed E-state index contributed by atoms with van der Waals surface area (Å²) in [5, 5.41) is 4.19. The summed E-state index contributed by atoms with van der Waals surface area (Å²) in [7, 11) is 1.97. The van der Waals surface area contributed by atoms with Crippen LogP contribution in [0.1, 0.15) is 36.9 Å². The summed E-state index contributed by atoms with van der Waals surface area (Å²) in [4.78, 5) is 0. The van der Waals surface area contributed by atoms with E-state index in [1.54, 1.807) is 0 Å². The van der Waals surface area contributed by atoms with Gasteiger partial charge in [-0.1, -0.05) is 35.4 Å². The zero-order valence-corrected chi connectivity index (χ0v) is 11.1. The van der Waals surface area contributed by atoms with Gasteiger partial charge < -0.3 is 5.32 Å². The average Bonchev–Trinajstić information content (AvgIpc) is 2.24. The lowest BCUT2D eigenvalue weighted by atomic mass is 9.98. The van der Waals surface area contributed by atoms with Crippen LogP contribution in [0.25, 0.3) is 0 Å². The lowest BCUT2D eigenvalue weighted by Gasteiger charge is -2.19. The Morgan fingerprint density at radius 3 is 2.75 bits per heavy atom. The summed E-state index contributed by atoms with van der Waals surface area (Å²) in [6, 6.07) is 6.50. The number of halogens is 1. The van der Waals surface area contributed by atoms with Gasteiger partial charge in [0.2, 0.25) is 0 Å². The predicted octanol–water partition coefficient (Wildman–Crippen LogP) is 4.27. The van der Waals surface area contributed by atoms with Crippen molar-refractivity contribution in [3.63, 3.8) is 0 Å². The molecule has 0 aliphatic carbocycles. The van der Waals surface area contributed by atoms with Crippen molar-refractivity contribution >= 4 is 11.6 Å². The standard InChI is InChI=1S/C14H20ClN/c1-10(2)8-9-13(16-4)12-7-5-6-11(3)14(12)15/h5-7,13,16H,1,8-9H2,2-4H3. The van der Waals surface area contributed by atoms with E-state index in [1.807, 2.05) is 20.0 Å². The topological polar surface area (TPSA) is 12.0 Å². The van der Waals surface area contributed by atoms with Gasteiger partial charge in [-0.25, -0.2) is 0 Å². The zero-order chi connectivity index (χ0) is 12.1. The highest BCUT2D eigenvalue weighted by Crippen LogP contribution is 2.29. The predicted molar refractivity (Wildman–Crippen MR) is 72.0 cm³/mol. The third-order valence-electron chi connectivity index (χ3n) is 2.81. The van der Waals surface area contributed by atoms with Gasteiger partial charge in [0.1, 0.15) is 0 Å². The molecule has 0 saturated heterocycles. The fraction of sp³-hybridized carbons (Fsp3) is 0.429. The van der Waals surface area contributed by atoms with Crippen LogP contribution in [0.15, 0.2) is 30.4 Å². The third-order valence-corrected chi connectivity index (χ3v) is 3.32. The maximum Gasteiger partial charge on any atom is 0.0482 e. The summed E-state index contributed by atoms with van der Waals surface area (Å²) < 4.78 is 0. The zero-order valence-electron chi connectivity index (χ0n) is 10.3. The minimum atomic E-state index is 0.309. The Labute approximate surface area is 104 Å². The Hall–Kier alpha value is -0.790. The fourth-order valence-electron chi connectivity index (χ4n) is 1.79. The molecule has 16 heavy (non-hydrogen) atoms. The Morgan fingerprint density at radius 2 is 2.19 bits per heavy atom. The molecule has 1 rings (SSSR count). The molecule has 0 spiro atoms. The molecule has 0 aliphatic rings. The van der Waals surface area contributed by atoms with E-state index in [-0.39, 0.29) is 0 Å².